The van der Waals surface area contributed by atoms with E-state index in [9.17, 15) is 18.0 Å². The number of aromatic nitrogens is 3. The second kappa shape index (κ2) is 7.94. The molecule has 6 nitrogen and oxygen atoms in total. The maximum atomic E-state index is 12.3. The quantitative estimate of drug-likeness (QED) is 0.796. The lowest BCUT2D eigenvalue weighted by atomic mass is 9.95. The molecule has 0 aliphatic carbocycles. The second-order valence-corrected chi connectivity index (χ2v) is 7.29. The summed E-state index contributed by atoms with van der Waals surface area (Å²) in [5, 5.41) is 8.68. The van der Waals surface area contributed by atoms with Crippen LogP contribution in [0.2, 0.25) is 0 Å². The van der Waals surface area contributed by atoms with E-state index in [1.165, 1.54) is 12.8 Å². The minimum absolute atomic E-state index is 0.200. The van der Waals surface area contributed by atoms with E-state index >= 15 is 0 Å². The summed E-state index contributed by atoms with van der Waals surface area (Å²) in [6, 6.07) is 0. The van der Waals surface area contributed by atoms with Crippen LogP contribution in [0.4, 0.5) is 13.2 Å². The molecule has 1 aromatic heterocycles. The first-order valence-electron chi connectivity index (χ1n) is 9.28. The van der Waals surface area contributed by atoms with E-state index in [0.29, 0.717) is 25.9 Å². The molecule has 1 aromatic rings. The Labute approximate surface area is 151 Å². The highest BCUT2D eigenvalue weighted by molar-refractivity contribution is 5.76. The molecule has 3 rings (SSSR count). The molecule has 2 saturated heterocycles. The average Bonchev–Trinajstić information content (AvgIpc) is 3.23. The Morgan fingerprint density at radius 3 is 2.38 bits per heavy atom. The van der Waals surface area contributed by atoms with Gasteiger partial charge in [-0.15, -0.1) is 10.2 Å². The Balaban J connectivity index is 1.51. The lowest BCUT2D eigenvalue weighted by Gasteiger charge is -2.31. The maximum Gasteiger partial charge on any atom is 0.389 e. The van der Waals surface area contributed by atoms with E-state index in [-0.39, 0.29) is 5.92 Å². The number of hydrogen-bond acceptors (Lipinski definition) is 4. The van der Waals surface area contributed by atoms with Crippen molar-refractivity contribution in [3.05, 3.63) is 11.6 Å². The summed E-state index contributed by atoms with van der Waals surface area (Å²) in [4.78, 5) is 15.9. The van der Waals surface area contributed by atoms with Crippen molar-refractivity contribution in [2.24, 2.45) is 7.05 Å². The minimum Gasteiger partial charge on any atom is -0.343 e. The summed E-state index contributed by atoms with van der Waals surface area (Å²) in [5.74, 6) is 1.66. The van der Waals surface area contributed by atoms with E-state index in [0.717, 1.165) is 31.3 Å². The fourth-order valence-electron chi connectivity index (χ4n) is 3.80. The van der Waals surface area contributed by atoms with Gasteiger partial charge >= 0.3 is 6.18 Å². The number of likely N-dealkylation sites (tertiary alicyclic amines) is 2. The molecule has 9 heteroatoms. The fraction of sp³-hybridized carbons (Fsp3) is 0.824. The van der Waals surface area contributed by atoms with E-state index in [1.54, 1.807) is 4.90 Å². The molecule has 0 saturated carbocycles. The Morgan fingerprint density at radius 1 is 1.12 bits per heavy atom. The van der Waals surface area contributed by atoms with Crippen molar-refractivity contribution in [1.29, 1.82) is 0 Å². The molecule has 0 spiro atoms. The minimum atomic E-state index is -4.28. The monoisotopic (exact) mass is 373 g/mol. The highest BCUT2D eigenvalue weighted by Crippen LogP contribution is 2.28. The molecule has 0 N–H and O–H groups in total. The van der Waals surface area contributed by atoms with Crippen LogP contribution in [-0.2, 0) is 18.4 Å². The summed E-state index contributed by atoms with van der Waals surface area (Å²) in [7, 11) is 1.97. The van der Waals surface area contributed by atoms with Crippen LogP contribution >= 0.6 is 0 Å². The molecule has 2 fully saturated rings. The van der Waals surface area contributed by atoms with Gasteiger partial charge in [-0.2, -0.15) is 13.2 Å². The SMILES string of the molecule is Cn1c(CN2CCCC2)nnc1C1CCN(C(=O)CCC(F)(F)F)CC1. The van der Waals surface area contributed by atoms with Crippen molar-refractivity contribution < 1.29 is 18.0 Å². The van der Waals surface area contributed by atoms with Crippen molar-refractivity contribution in [2.45, 2.75) is 57.2 Å². The van der Waals surface area contributed by atoms with Crippen LogP contribution in [-0.4, -0.2) is 62.8 Å². The van der Waals surface area contributed by atoms with Crippen molar-refractivity contribution in [3.63, 3.8) is 0 Å². The molecule has 146 valence electrons. The van der Waals surface area contributed by atoms with E-state index in [1.807, 2.05) is 11.6 Å². The molecule has 2 aliphatic rings. The van der Waals surface area contributed by atoms with Crippen LogP contribution < -0.4 is 0 Å². The summed E-state index contributed by atoms with van der Waals surface area (Å²) >= 11 is 0. The van der Waals surface area contributed by atoms with Gasteiger partial charge in [0.2, 0.25) is 5.91 Å². The molecule has 0 radical (unpaired) electrons. The Hall–Kier alpha value is -1.64. The number of piperidine rings is 1. The Bertz CT molecular complexity index is 616. The zero-order valence-corrected chi connectivity index (χ0v) is 15.1. The van der Waals surface area contributed by atoms with E-state index < -0.39 is 24.9 Å². The number of halogens is 3. The summed E-state index contributed by atoms with van der Waals surface area (Å²) in [6.07, 6.45) is -1.90. The predicted molar refractivity (Wildman–Crippen MR) is 89.4 cm³/mol. The van der Waals surface area contributed by atoms with Gasteiger partial charge in [-0.05, 0) is 38.8 Å². The third-order valence-corrected chi connectivity index (χ3v) is 5.40. The molecule has 0 unspecified atom stereocenters. The summed E-state index contributed by atoms with van der Waals surface area (Å²) < 4.78 is 38.8. The number of amides is 1. The Kier molecular flexibility index (Phi) is 5.84. The predicted octanol–water partition coefficient (Wildman–Crippen LogP) is 2.46. The summed E-state index contributed by atoms with van der Waals surface area (Å²) in [6.45, 7) is 3.96. The van der Waals surface area contributed by atoms with Gasteiger partial charge in [0.05, 0.1) is 13.0 Å². The molecule has 0 bridgehead atoms. The van der Waals surface area contributed by atoms with E-state index in [4.69, 9.17) is 0 Å². The van der Waals surface area contributed by atoms with Crippen LogP contribution in [0.25, 0.3) is 0 Å². The largest absolute Gasteiger partial charge is 0.389 e. The standard InChI is InChI=1S/C17H26F3N5O/c1-23-14(12-24-8-2-3-9-24)21-22-16(23)13-5-10-25(11-6-13)15(26)4-7-17(18,19)20/h13H,2-12H2,1H3. The molecule has 2 aliphatic heterocycles. The molecule has 26 heavy (non-hydrogen) atoms. The number of alkyl halides is 3. The highest BCUT2D eigenvalue weighted by Gasteiger charge is 2.31. The second-order valence-electron chi connectivity index (χ2n) is 7.29. The smallest absolute Gasteiger partial charge is 0.343 e. The topological polar surface area (TPSA) is 54.3 Å². The van der Waals surface area contributed by atoms with Crippen molar-refractivity contribution in [1.82, 2.24) is 24.6 Å². The number of hydrogen-bond donors (Lipinski definition) is 0. The number of carbonyl (C=O) groups excluding carboxylic acids is 1. The van der Waals surface area contributed by atoms with Crippen LogP contribution in [0.1, 0.15) is 56.1 Å². The van der Waals surface area contributed by atoms with Crippen LogP contribution in [0.5, 0.6) is 0 Å². The van der Waals surface area contributed by atoms with Crippen LogP contribution in [0, 0.1) is 0 Å². The number of carbonyl (C=O) groups is 1. The molecule has 3 heterocycles. The van der Waals surface area contributed by atoms with E-state index in [2.05, 4.69) is 15.1 Å². The molecular weight excluding hydrogens is 347 g/mol. The maximum absolute atomic E-state index is 12.3. The number of rotatable bonds is 5. The van der Waals surface area contributed by atoms with Gasteiger partial charge in [-0.1, -0.05) is 0 Å². The molecule has 0 aromatic carbocycles. The zero-order valence-electron chi connectivity index (χ0n) is 15.1. The van der Waals surface area contributed by atoms with Crippen LogP contribution in [0.3, 0.4) is 0 Å². The fourth-order valence-corrected chi connectivity index (χ4v) is 3.80. The van der Waals surface area contributed by atoms with Gasteiger partial charge in [0.1, 0.15) is 11.6 Å². The Morgan fingerprint density at radius 2 is 1.77 bits per heavy atom. The molecule has 1 amide bonds. The van der Waals surface area contributed by atoms with Gasteiger partial charge in [0.25, 0.3) is 0 Å². The number of nitrogens with zero attached hydrogens (tertiary/aromatic N) is 5. The van der Waals surface area contributed by atoms with Crippen LogP contribution in [0.15, 0.2) is 0 Å². The third kappa shape index (κ3) is 4.75. The van der Waals surface area contributed by atoms with Gasteiger partial charge in [0, 0.05) is 32.5 Å². The van der Waals surface area contributed by atoms with Crippen molar-refractivity contribution >= 4 is 5.91 Å². The van der Waals surface area contributed by atoms with Gasteiger partial charge in [0.15, 0.2) is 0 Å². The first kappa shape index (κ1) is 19.1. The van der Waals surface area contributed by atoms with Crippen molar-refractivity contribution in [3.8, 4) is 0 Å². The highest BCUT2D eigenvalue weighted by atomic mass is 19.4. The normalized spacial score (nSPS) is 20.1. The molecule has 0 atom stereocenters. The first-order chi connectivity index (χ1) is 12.3. The zero-order chi connectivity index (χ0) is 18.7. The molecular formula is C17H26F3N5O. The lowest BCUT2D eigenvalue weighted by Crippen LogP contribution is -2.38. The average molecular weight is 373 g/mol. The first-order valence-corrected chi connectivity index (χ1v) is 9.28. The van der Waals surface area contributed by atoms with Gasteiger partial charge in [-0.3, -0.25) is 9.69 Å². The summed E-state index contributed by atoms with van der Waals surface area (Å²) in [5.41, 5.74) is 0. The van der Waals surface area contributed by atoms with Gasteiger partial charge in [-0.25, -0.2) is 0 Å². The lowest BCUT2D eigenvalue weighted by molar-refractivity contribution is -0.149. The van der Waals surface area contributed by atoms with Gasteiger partial charge < -0.3 is 9.47 Å². The third-order valence-electron chi connectivity index (χ3n) is 5.40. The van der Waals surface area contributed by atoms with Crippen molar-refractivity contribution in [2.75, 3.05) is 26.2 Å².